The van der Waals surface area contributed by atoms with Crippen molar-refractivity contribution in [3.05, 3.63) is 0 Å². The maximum atomic E-state index is 12.6. The van der Waals surface area contributed by atoms with Crippen LogP contribution in [0.25, 0.3) is 0 Å². The van der Waals surface area contributed by atoms with Gasteiger partial charge in [-0.15, -0.1) is 0 Å². The normalized spacial score (nSPS) is 33.0. The van der Waals surface area contributed by atoms with E-state index >= 15 is 0 Å². The number of nitrogens with zero attached hydrogens (tertiary/aromatic N) is 5. The van der Waals surface area contributed by atoms with Crippen LogP contribution < -0.4 is 0 Å². The predicted octanol–water partition coefficient (Wildman–Crippen LogP) is 1.88. The summed E-state index contributed by atoms with van der Waals surface area (Å²) in [6, 6.07) is 2.30. The summed E-state index contributed by atoms with van der Waals surface area (Å²) in [5, 5.41) is 9.16. The van der Waals surface area contributed by atoms with Crippen LogP contribution in [0.3, 0.4) is 0 Å². The molecule has 148 valence electrons. The summed E-state index contributed by atoms with van der Waals surface area (Å²) in [7, 11) is 0. The summed E-state index contributed by atoms with van der Waals surface area (Å²) < 4.78 is 1.65. The predicted molar refractivity (Wildman–Crippen MR) is 101 cm³/mol. The van der Waals surface area contributed by atoms with Gasteiger partial charge in [0.05, 0.1) is 12.6 Å². The van der Waals surface area contributed by atoms with Crippen molar-refractivity contribution in [2.45, 2.75) is 50.6 Å². The number of rotatable bonds is 3. The maximum Gasteiger partial charge on any atom is 0.320 e. The topological polar surface area (TPSA) is 70.9 Å². The smallest absolute Gasteiger partial charge is 0.320 e. The molecule has 0 radical (unpaired) electrons. The second-order valence-electron chi connectivity index (χ2n) is 8.46. The van der Waals surface area contributed by atoms with Gasteiger partial charge in [0.2, 0.25) is 5.91 Å². The second-order valence-corrected chi connectivity index (χ2v) is 8.89. The number of likely N-dealkylation sites (tertiary alicyclic amines) is 3. The Morgan fingerprint density at radius 3 is 2.33 bits per heavy atom. The number of fused-ring (bicyclic) bond motifs is 1. The molecular weight excluding hydrogens is 366 g/mol. The molecule has 0 aromatic rings. The first-order chi connectivity index (χ1) is 13.1. The largest absolute Gasteiger partial charge is 0.326 e. The first-order valence-electron chi connectivity index (χ1n) is 10.2. The molecule has 4 atom stereocenters. The minimum absolute atomic E-state index is 0.0445. The van der Waals surface area contributed by atoms with Crippen LogP contribution in [0.5, 0.6) is 0 Å². The number of nitriles is 1. The van der Waals surface area contributed by atoms with Gasteiger partial charge in [-0.05, 0) is 62.1 Å². The van der Waals surface area contributed by atoms with E-state index in [0.717, 1.165) is 64.7 Å². The Morgan fingerprint density at radius 1 is 1.04 bits per heavy atom. The van der Waals surface area contributed by atoms with Crippen LogP contribution in [0.1, 0.15) is 38.5 Å². The van der Waals surface area contributed by atoms with Crippen LogP contribution in [-0.2, 0) is 4.79 Å². The number of carbonyl (C=O) groups excluding carboxylic acids is 2. The van der Waals surface area contributed by atoms with Crippen LogP contribution >= 0.6 is 11.8 Å². The van der Waals surface area contributed by atoms with E-state index in [4.69, 9.17) is 17.0 Å². The Bertz CT molecular complexity index is 618. The third-order valence-corrected chi connectivity index (χ3v) is 7.17. The van der Waals surface area contributed by atoms with Gasteiger partial charge in [0.15, 0.2) is 0 Å². The number of carbonyl (C=O) groups is 2. The molecule has 0 bridgehead atoms. The van der Waals surface area contributed by atoms with E-state index in [2.05, 4.69) is 6.07 Å². The molecule has 0 N–H and O–H groups in total. The first kappa shape index (κ1) is 18.8. The van der Waals surface area contributed by atoms with Crippen molar-refractivity contribution in [2.24, 2.45) is 11.8 Å². The first-order valence-corrected chi connectivity index (χ1v) is 10.6. The standard InChI is InChI=1S/C19H28ClN5O2/c20-25(13-18(26)24-7-3-4-16(24)10-21)17-8-14-11-23(12-15(14)9-17)19(27)22-5-1-2-6-22/h14-17H,1-9,11-13H2/t14-,15+,16?,17-. The molecular formula is C19H28ClN5O2. The van der Waals surface area contributed by atoms with Crippen molar-refractivity contribution in [1.29, 1.82) is 5.26 Å². The van der Waals surface area contributed by atoms with Crippen LogP contribution in [0.2, 0.25) is 0 Å². The van der Waals surface area contributed by atoms with Gasteiger partial charge < -0.3 is 14.7 Å². The van der Waals surface area contributed by atoms with Crippen molar-refractivity contribution in [2.75, 3.05) is 39.3 Å². The highest BCUT2D eigenvalue weighted by molar-refractivity contribution is 6.14. The average molecular weight is 394 g/mol. The van der Waals surface area contributed by atoms with E-state index in [1.807, 2.05) is 9.80 Å². The summed E-state index contributed by atoms with van der Waals surface area (Å²) in [6.45, 7) is 4.25. The lowest BCUT2D eigenvalue weighted by molar-refractivity contribution is -0.131. The Kier molecular flexibility index (Phi) is 5.47. The van der Waals surface area contributed by atoms with Gasteiger partial charge in [0.25, 0.3) is 0 Å². The zero-order valence-electron chi connectivity index (χ0n) is 15.7. The van der Waals surface area contributed by atoms with Gasteiger partial charge >= 0.3 is 6.03 Å². The molecule has 7 nitrogen and oxygen atoms in total. The lowest BCUT2D eigenvalue weighted by Crippen LogP contribution is -2.43. The zero-order valence-corrected chi connectivity index (χ0v) is 16.5. The molecule has 1 aliphatic carbocycles. The van der Waals surface area contributed by atoms with E-state index < -0.39 is 0 Å². The van der Waals surface area contributed by atoms with Gasteiger partial charge in [-0.25, -0.2) is 9.21 Å². The molecule has 3 saturated heterocycles. The Hall–Kier alpha value is -1.52. The fourth-order valence-electron chi connectivity index (χ4n) is 5.31. The Morgan fingerprint density at radius 2 is 1.70 bits per heavy atom. The van der Waals surface area contributed by atoms with Gasteiger partial charge in [0, 0.05) is 38.8 Å². The number of urea groups is 1. The highest BCUT2D eigenvalue weighted by Crippen LogP contribution is 2.41. The van der Waals surface area contributed by atoms with Gasteiger partial charge in [-0.3, -0.25) is 4.79 Å². The van der Waals surface area contributed by atoms with Crippen LogP contribution in [0, 0.1) is 23.2 Å². The third kappa shape index (κ3) is 3.74. The van der Waals surface area contributed by atoms with E-state index in [0.29, 0.717) is 18.4 Å². The second kappa shape index (κ2) is 7.84. The van der Waals surface area contributed by atoms with E-state index in [1.165, 1.54) is 0 Å². The van der Waals surface area contributed by atoms with Crippen LogP contribution in [0.15, 0.2) is 0 Å². The van der Waals surface area contributed by atoms with Crippen LogP contribution in [-0.4, -0.2) is 82.4 Å². The van der Waals surface area contributed by atoms with Crippen molar-refractivity contribution in [3.8, 4) is 6.07 Å². The maximum absolute atomic E-state index is 12.6. The molecule has 3 aliphatic heterocycles. The molecule has 3 amide bonds. The summed E-state index contributed by atoms with van der Waals surface area (Å²) >= 11 is 6.48. The number of hydrogen-bond donors (Lipinski definition) is 0. The SMILES string of the molecule is N#CC1CCCN1C(=O)CN(Cl)[C@@H]1C[C@@H]2CN(C(=O)N3CCCC3)C[C@@H]2C1. The minimum atomic E-state index is -0.296. The van der Waals surface area contributed by atoms with Crippen molar-refractivity contribution in [1.82, 2.24) is 19.1 Å². The molecule has 0 aromatic heterocycles. The molecule has 0 aromatic carbocycles. The fraction of sp³-hybridized carbons (Fsp3) is 0.842. The van der Waals surface area contributed by atoms with Crippen LogP contribution in [0.4, 0.5) is 4.79 Å². The average Bonchev–Trinajstić information content (AvgIpc) is 3.43. The summed E-state index contributed by atoms with van der Waals surface area (Å²) in [5.74, 6) is 0.921. The highest BCUT2D eigenvalue weighted by atomic mass is 35.5. The monoisotopic (exact) mass is 393 g/mol. The molecule has 8 heteroatoms. The third-order valence-electron chi connectivity index (χ3n) is 6.78. The number of halogens is 1. The van der Waals surface area contributed by atoms with Crippen molar-refractivity contribution in [3.63, 3.8) is 0 Å². The lowest BCUT2D eigenvalue weighted by Gasteiger charge is -2.28. The lowest BCUT2D eigenvalue weighted by atomic mass is 10.0. The van der Waals surface area contributed by atoms with Gasteiger partial charge in [-0.2, -0.15) is 5.26 Å². The molecule has 4 aliphatic rings. The molecule has 4 fully saturated rings. The zero-order chi connectivity index (χ0) is 19.0. The Balaban J connectivity index is 1.26. The summed E-state index contributed by atoms with van der Waals surface area (Å²) in [4.78, 5) is 30.8. The van der Waals surface area contributed by atoms with E-state index in [-0.39, 0.29) is 30.6 Å². The molecule has 0 spiro atoms. The summed E-state index contributed by atoms with van der Waals surface area (Å²) in [6.07, 6.45) is 5.76. The van der Waals surface area contributed by atoms with Crippen molar-refractivity contribution >= 4 is 23.7 Å². The number of hydrogen-bond acceptors (Lipinski definition) is 4. The number of amides is 3. The molecule has 1 unspecified atom stereocenters. The molecule has 27 heavy (non-hydrogen) atoms. The molecule has 4 rings (SSSR count). The summed E-state index contributed by atoms with van der Waals surface area (Å²) in [5.41, 5.74) is 0. The van der Waals surface area contributed by atoms with Gasteiger partial charge in [-0.1, -0.05) is 0 Å². The van der Waals surface area contributed by atoms with E-state index in [1.54, 1.807) is 9.32 Å². The molecule has 3 heterocycles. The van der Waals surface area contributed by atoms with Gasteiger partial charge in [0.1, 0.15) is 6.04 Å². The minimum Gasteiger partial charge on any atom is -0.326 e. The quantitative estimate of drug-likeness (QED) is 0.686. The fourth-order valence-corrected chi connectivity index (χ4v) is 5.57. The Labute approximate surface area is 165 Å². The molecule has 1 saturated carbocycles. The highest BCUT2D eigenvalue weighted by Gasteiger charge is 2.45. The van der Waals surface area contributed by atoms with Crippen molar-refractivity contribution < 1.29 is 9.59 Å². The van der Waals surface area contributed by atoms with E-state index in [9.17, 15) is 9.59 Å².